The molecule has 1 aliphatic carbocycles. The Bertz CT molecular complexity index is 554. The maximum atomic E-state index is 13.1. The van der Waals surface area contributed by atoms with Gasteiger partial charge < -0.3 is 15.4 Å². The zero-order valence-corrected chi connectivity index (χ0v) is 9.99. The van der Waals surface area contributed by atoms with E-state index in [1.165, 1.54) is 12.1 Å². The topological polar surface area (TPSA) is 60.9 Å². The molecule has 0 saturated heterocycles. The summed E-state index contributed by atoms with van der Waals surface area (Å²) in [6, 6.07) is 4.49. The molecular formula is C13H16FN3O. The lowest BCUT2D eigenvalue weighted by molar-refractivity contribution is 0.116. The molecule has 1 aliphatic rings. The number of fused-ring (bicyclic) bond motifs is 1. The number of H-pyrrole nitrogens is 1. The van der Waals surface area contributed by atoms with E-state index < -0.39 is 0 Å². The second-order valence-corrected chi connectivity index (χ2v) is 4.85. The van der Waals surface area contributed by atoms with Gasteiger partial charge in [-0.15, -0.1) is 0 Å². The molecule has 2 atom stereocenters. The molecule has 0 bridgehead atoms. The van der Waals surface area contributed by atoms with Gasteiger partial charge in [0.2, 0.25) is 5.95 Å². The highest BCUT2D eigenvalue weighted by molar-refractivity contribution is 5.77. The van der Waals surface area contributed by atoms with Crippen molar-refractivity contribution >= 4 is 17.0 Å². The van der Waals surface area contributed by atoms with Crippen LogP contribution >= 0.6 is 0 Å². The Kier molecular flexibility index (Phi) is 2.91. The molecular weight excluding hydrogens is 233 g/mol. The molecule has 5 heteroatoms. The molecule has 18 heavy (non-hydrogen) atoms. The van der Waals surface area contributed by atoms with Crippen LogP contribution in [-0.2, 0) is 0 Å². The Labute approximate surface area is 104 Å². The largest absolute Gasteiger partial charge is 0.391 e. The lowest BCUT2D eigenvalue weighted by Gasteiger charge is -2.28. The molecule has 0 aliphatic heterocycles. The molecule has 96 valence electrons. The van der Waals surface area contributed by atoms with Crippen LogP contribution in [-0.4, -0.2) is 27.2 Å². The van der Waals surface area contributed by atoms with Gasteiger partial charge in [-0.25, -0.2) is 9.37 Å². The summed E-state index contributed by atoms with van der Waals surface area (Å²) < 4.78 is 13.1. The van der Waals surface area contributed by atoms with Crippen molar-refractivity contribution in [2.45, 2.75) is 37.8 Å². The fourth-order valence-electron chi connectivity index (χ4n) is 2.51. The Balaban J connectivity index is 1.81. The number of aromatic nitrogens is 2. The van der Waals surface area contributed by atoms with Crippen molar-refractivity contribution in [3.05, 3.63) is 24.0 Å². The van der Waals surface area contributed by atoms with Crippen LogP contribution in [0.25, 0.3) is 11.0 Å². The van der Waals surface area contributed by atoms with Crippen molar-refractivity contribution in [1.29, 1.82) is 0 Å². The van der Waals surface area contributed by atoms with Gasteiger partial charge >= 0.3 is 0 Å². The van der Waals surface area contributed by atoms with Gasteiger partial charge in [-0.3, -0.25) is 0 Å². The number of anilines is 1. The maximum Gasteiger partial charge on any atom is 0.201 e. The van der Waals surface area contributed by atoms with Crippen molar-refractivity contribution in [1.82, 2.24) is 9.97 Å². The van der Waals surface area contributed by atoms with Crippen LogP contribution in [0.1, 0.15) is 25.7 Å². The number of hydrogen-bond acceptors (Lipinski definition) is 3. The van der Waals surface area contributed by atoms with Gasteiger partial charge in [0, 0.05) is 0 Å². The fraction of sp³-hybridized carbons (Fsp3) is 0.462. The third-order valence-electron chi connectivity index (χ3n) is 3.50. The minimum atomic E-state index is -0.330. The molecule has 4 nitrogen and oxygen atoms in total. The van der Waals surface area contributed by atoms with Gasteiger partial charge in [-0.2, -0.15) is 0 Å². The minimum Gasteiger partial charge on any atom is -0.391 e. The number of halogens is 1. The number of hydrogen-bond donors (Lipinski definition) is 3. The number of aliphatic hydroxyl groups excluding tert-OH is 1. The first-order valence-electron chi connectivity index (χ1n) is 6.32. The van der Waals surface area contributed by atoms with Gasteiger partial charge in [-0.05, 0) is 31.0 Å². The summed E-state index contributed by atoms with van der Waals surface area (Å²) in [5.41, 5.74) is 1.40. The molecule has 1 fully saturated rings. The average Bonchev–Trinajstić information content (AvgIpc) is 2.73. The van der Waals surface area contributed by atoms with E-state index in [9.17, 15) is 9.50 Å². The van der Waals surface area contributed by atoms with Crippen molar-refractivity contribution in [2.75, 3.05) is 5.32 Å². The second kappa shape index (κ2) is 4.57. The van der Waals surface area contributed by atoms with Crippen LogP contribution in [0.5, 0.6) is 0 Å². The first-order chi connectivity index (χ1) is 8.72. The van der Waals surface area contributed by atoms with Crippen LogP contribution in [0.3, 0.4) is 0 Å². The zero-order chi connectivity index (χ0) is 12.5. The summed E-state index contributed by atoms with van der Waals surface area (Å²) in [5.74, 6) is 0.317. The van der Waals surface area contributed by atoms with E-state index in [0.717, 1.165) is 31.2 Å². The molecule has 2 unspecified atom stereocenters. The van der Waals surface area contributed by atoms with Crippen LogP contribution in [0, 0.1) is 5.82 Å². The maximum absolute atomic E-state index is 13.1. The highest BCUT2D eigenvalue weighted by Gasteiger charge is 2.23. The van der Waals surface area contributed by atoms with E-state index in [2.05, 4.69) is 15.3 Å². The molecule has 1 heterocycles. The number of rotatable bonds is 2. The summed E-state index contributed by atoms with van der Waals surface area (Å²) in [4.78, 5) is 7.37. The van der Waals surface area contributed by atoms with Gasteiger partial charge in [0.05, 0.1) is 23.2 Å². The fourth-order valence-corrected chi connectivity index (χ4v) is 2.51. The summed E-state index contributed by atoms with van der Waals surface area (Å²) in [7, 11) is 0. The quantitative estimate of drug-likeness (QED) is 0.766. The van der Waals surface area contributed by atoms with E-state index in [1.54, 1.807) is 6.07 Å². The van der Waals surface area contributed by atoms with E-state index in [-0.39, 0.29) is 18.0 Å². The van der Waals surface area contributed by atoms with Crippen LogP contribution in [0.2, 0.25) is 0 Å². The molecule has 1 aromatic heterocycles. The molecule has 3 N–H and O–H groups in total. The smallest absolute Gasteiger partial charge is 0.201 e. The van der Waals surface area contributed by atoms with Crippen molar-refractivity contribution in [3.8, 4) is 0 Å². The zero-order valence-electron chi connectivity index (χ0n) is 9.99. The first-order valence-corrected chi connectivity index (χ1v) is 6.32. The highest BCUT2D eigenvalue weighted by Crippen LogP contribution is 2.22. The Hall–Kier alpha value is -1.62. The molecule has 0 spiro atoms. The third kappa shape index (κ3) is 2.18. The van der Waals surface area contributed by atoms with Crippen molar-refractivity contribution in [2.24, 2.45) is 0 Å². The normalized spacial score (nSPS) is 24.3. The van der Waals surface area contributed by atoms with E-state index >= 15 is 0 Å². The summed E-state index contributed by atoms with van der Waals surface area (Å²) in [6.07, 6.45) is 3.62. The molecule has 3 rings (SSSR count). The minimum absolute atomic E-state index is 0.0316. The Morgan fingerprint density at radius 2 is 2.17 bits per heavy atom. The summed E-state index contributed by atoms with van der Waals surface area (Å²) >= 11 is 0. The summed E-state index contributed by atoms with van der Waals surface area (Å²) in [6.45, 7) is 0. The number of benzene rings is 1. The predicted octanol–water partition coefficient (Wildman–Crippen LogP) is 2.42. The van der Waals surface area contributed by atoms with E-state index in [1.807, 2.05) is 0 Å². The van der Waals surface area contributed by atoms with Crippen molar-refractivity contribution in [3.63, 3.8) is 0 Å². The molecule has 2 aromatic rings. The van der Waals surface area contributed by atoms with Gasteiger partial charge in [0.15, 0.2) is 0 Å². The standard InChI is InChI=1S/C13H16FN3O/c14-8-5-6-9-11(7-8)17-13(15-9)16-10-3-1-2-4-12(10)18/h5-7,10,12,18H,1-4H2,(H2,15,16,17). The van der Waals surface area contributed by atoms with E-state index in [4.69, 9.17) is 0 Å². The number of aliphatic hydroxyl groups is 1. The molecule has 1 aromatic carbocycles. The van der Waals surface area contributed by atoms with Crippen LogP contribution < -0.4 is 5.32 Å². The second-order valence-electron chi connectivity index (χ2n) is 4.85. The van der Waals surface area contributed by atoms with E-state index in [0.29, 0.717) is 11.5 Å². The molecule has 0 amide bonds. The van der Waals surface area contributed by atoms with Crippen LogP contribution in [0.15, 0.2) is 18.2 Å². The predicted molar refractivity (Wildman–Crippen MR) is 67.9 cm³/mol. The number of aromatic amines is 1. The first kappa shape index (κ1) is 11.5. The van der Waals surface area contributed by atoms with Crippen molar-refractivity contribution < 1.29 is 9.50 Å². The van der Waals surface area contributed by atoms with Gasteiger partial charge in [-0.1, -0.05) is 12.8 Å². The lowest BCUT2D eigenvalue weighted by Crippen LogP contribution is -2.36. The SMILES string of the molecule is OC1CCCCC1Nc1nc2ccc(F)cc2[nH]1. The monoisotopic (exact) mass is 249 g/mol. The Morgan fingerprint density at radius 1 is 1.33 bits per heavy atom. The third-order valence-corrected chi connectivity index (χ3v) is 3.50. The Morgan fingerprint density at radius 3 is 3.00 bits per heavy atom. The van der Waals surface area contributed by atoms with Gasteiger partial charge in [0.1, 0.15) is 5.82 Å². The number of nitrogens with one attached hydrogen (secondary N) is 2. The van der Waals surface area contributed by atoms with Crippen LogP contribution in [0.4, 0.5) is 10.3 Å². The lowest BCUT2D eigenvalue weighted by atomic mass is 9.93. The molecule has 0 radical (unpaired) electrons. The van der Waals surface area contributed by atoms with Gasteiger partial charge in [0.25, 0.3) is 0 Å². The average molecular weight is 249 g/mol. The number of imidazole rings is 1. The highest BCUT2D eigenvalue weighted by atomic mass is 19.1. The number of nitrogens with zero attached hydrogens (tertiary/aromatic N) is 1. The molecule has 1 saturated carbocycles. The summed E-state index contributed by atoms with van der Waals surface area (Å²) in [5, 5.41) is 13.1.